The highest BCUT2D eigenvalue weighted by atomic mass is 16.6. The zero-order valence-corrected chi connectivity index (χ0v) is 14.5. The second-order valence-corrected chi connectivity index (χ2v) is 6.35. The van der Waals surface area contributed by atoms with Crippen molar-refractivity contribution >= 4 is 11.6 Å². The van der Waals surface area contributed by atoms with Gasteiger partial charge in [-0.25, -0.2) is 0 Å². The number of nitro benzene ring substituents is 1. The normalized spacial score (nSPS) is 16.1. The summed E-state index contributed by atoms with van der Waals surface area (Å²) in [5.41, 5.74) is 0.885. The number of hydrogen-bond acceptors (Lipinski definition) is 5. The van der Waals surface area contributed by atoms with E-state index in [9.17, 15) is 14.9 Å². The molecule has 0 atom stereocenters. The van der Waals surface area contributed by atoms with Gasteiger partial charge in [0.2, 0.25) is 5.91 Å². The number of nitrogens with zero attached hydrogens (tertiary/aromatic N) is 3. The molecular formula is C17H25N3O4. The van der Waals surface area contributed by atoms with Gasteiger partial charge in [-0.05, 0) is 26.3 Å². The Labute approximate surface area is 142 Å². The van der Waals surface area contributed by atoms with Crippen LogP contribution in [0.2, 0.25) is 0 Å². The first-order valence-corrected chi connectivity index (χ1v) is 8.28. The molecule has 24 heavy (non-hydrogen) atoms. The highest BCUT2D eigenvalue weighted by molar-refractivity contribution is 5.73. The van der Waals surface area contributed by atoms with Crippen LogP contribution in [0.15, 0.2) is 18.2 Å². The molecule has 0 saturated carbocycles. The molecular weight excluding hydrogens is 310 g/mol. The van der Waals surface area contributed by atoms with E-state index in [1.807, 2.05) is 18.7 Å². The summed E-state index contributed by atoms with van der Waals surface area (Å²) in [5.74, 6) is 0.777. The average molecular weight is 335 g/mol. The van der Waals surface area contributed by atoms with Gasteiger partial charge in [0.1, 0.15) is 5.75 Å². The second-order valence-electron chi connectivity index (χ2n) is 6.35. The first-order chi connectivity index (χ1) is 11.4. The van der Waals surface area contributed by atoms with Crippen LogP contribution in [-0.2, 0) is 11.3 Å². The summed E-state index contributed by atoms with van der Waals surface area (Å²) in [4.78, 5) is 26.3. The molecule has 1 aliphatic heterocycles. The van der Waals surface area contributed by atoms with Crippen LogP contribution in [0.5, 0.6) is 5.75 Å². The van der Waals surface area contributed by atoms with Crippen LogP contribution >= 0.6 is 0 Å². The predicted octanol–water partition coefficient (Wildman–Crippen LogP) is 2.44. The van der Waals surface area contributed by atoms with Crippen molar-refractivity contribution in [1.29, 1.82) is 0 Å². The number of hydrogen-bond donors (Lipinski definition) is 0. The first-order valence-electron chi connectivity index (χ1n) is 8.28. The summed E-state index contributed by atoms with van der Waals surface area (Å²) >= 11 is 0. The molecule has 132 valence electrons. The molecule has 0 N–H and O–H groups in total. The highest BCUT2D eigenvalue weighted by Crippen LogP contribution is 2.27. The van der Waals surface area contributed by atoms with Crippen molar-refractivity contribution < 1.29 is 14.5 Å². The second kappa shape index (κ2) is 8.10. The van der Waals surface area contributed by atoms with Crippen molar-refractivity contribution in [2.75, 3.05) is 26.2 Å². The fraction of sp³-hybridized carbons (Fsp3) is 0.588. The molecule has 7 nitrogen and oxygen atoms in total. The quantitative estimate of drug-likeness (QED) is 0.610. The molecule has 0 unspecified atom stereocenters. The number of rotatable bonds is 5. The van der Waals surface area contributed by atoms with Crippen molar-refractivity contribution in [3.05, 3.63) is 33.9 Å². The molecule has 1 amide bonds. The average Bonchev–Trinajstić information content (AvgIpc) is 2.74. The fourth-order valence-electron chi connectivity index (χ4n) is 2.86. The lowest BCUT2D eigenvalue weighted by molar-refractivity contribution is -0.385. The van der Waals surface area contributed by atoms with Crippen LogP contribution in [-0.4, -0.2) is 52.9 Å². The number of amides is 1. The smallest absolute Gasteiger partial charge is 0.270 e. The Morgan fingerprint density at radius 2 is 2.04 bits per heavy atom. The van der Waals surface area contributed by atoms with E-state index in [0.717, 1.165) is 31.6 Å². The van der Waals surface area contributed by atoms with Crippen LogP contribution in [0, 0.1) is 10.1 Å². The van der Waals surface area contributed by atoms with Gasteiger partial charge < -0.3 is 9.64 Å². The Bertz CT molecular complexity index is 603. The summed E-state index contributed by atoms with van der Waals surface area (Å²) in [6.45, 7) is 9.09. The van der Waals surface area contributed by atoms with E-state index < -0.39 is 0 Å². The van der Waals surface area contributed by atoms with Gasteiger partial charge in [0.05, 0.1) is 11.0 Å². The molecule has 0 aromatic heterocycles. The minimum absolute atomic E-state index is 0.00236. The van der Waals surface area contributed by atoms with Gasteiger partial charge in [-0.1, -0.05) is 0 Å². The van der Waals surface area contributed by atoms with Crippen molar-refractivity contribution in [2.24, 2.45) is 0 Å². The molecule has 1 aliphatic rings. The Kier molecular flexibility index (Phi) is 6.14. The van der Waals surface area contributed by atoms with Crippen LogP contribution in [0.1, 0.15) is 32.8 Å². The third-order valence-electron chi connectivity index (χ3n) is 4.05. The predicted molar refractivity (Wildman–Crippen MR) is 91.0 cm³/mol. The Morgan fingerprint density at radius 1 is 1.29 bits per heavy atom. The molecule has 1 aromatic carbocycles. The van der Waals surface area contributed by atoms with Gasteiger partial charge in [0.15, 0.2) is 0 Å². The summed E-state index contributed by atoms with van der Waals surface area (Å²) in [7, 11) is 0. The van der Waals surface area contributed by atoms with Crippen LogP contribution < -0.4 is 4.74 Å². The van der Waals surface area contributed by atoms with Gasteiger partial charge in [0.25, 0.3) is 5.69 Å². The van der Waals surface area contributed by atoms with Crippen molar-refractivity contribution in [3.63, 3.8) is 0 Å². The van der Waals surface area contributed by atoms with E-state index in [4.69, 9.17) is 4.74 Å². The van der Waals surface area contributed by atoms with E-state index in [1.165, 1.54) is 6.07 Å². The Balaban J connectivity index is 2.15. The third-order valence-corrected chi connectivity index (χ3v) is 4.05. The molecule has 7 heteroatoms. The van der Waals surface area contributed by atoms with Gasteiger partial charge in [-0.2, -0.15) is 0 Å². The zero-order valence-electron chi connectivity index (χ0n) is 14.5. The van der Waals surface area contributed by atoms with Gasteiger partial charge in [0, 0.05) is 57.3 Å². The molecule has 0 bridgehead atoms. The van der Waals surface area contributed by atoms with E-state index in [2.05, 4.69) is 4.90 Å². The molecule has 1 fully saturated rings. The van der Waals surface area contributed by atoms with E-state index in [0.29, 0.717) is 18.8 Å². The summed E-state index contributed by atoms with van der Waals surface area (Å²) in [5, 5.41) is 11.1. The summed E-state index contributed by atoms with van der Waals surface area (Å²) < 4.78 is 5.80. The maximum atomic E-state index is 11.5. The SMILES string of the molecule is CC(=O)N1CCCN(Cc2cc([N+](=O)[O-])ccc2OC(C)C)CC1. The molecule has 1 aromatic rings. The monoisotopic (exact) mass is 335 g/mol. The van der Waals surface area contributed by atoms with Crippen LogP contribution in [0.25, 0.3) is 0 Å². The van der Waals surface area contributed by atoms with Gasteiger partial charge in [-0.3, -0.25) is 19.8 Å². The minimum Gasteiger partial charge on any atom is -0.491 e. The molecule has 0 radical (unpaired) electrons. The Morgan fingerprint density at radius 3 is 2.67 bits per heavy atom. The van der Waals surface area contributed by atoms with Crippen molar-refractivity contribution in [1.82, 2.24) is 9.80 Å². The van der Waals surface area contributed by atoms with E-state index in [1.54, 1.807) is 19.1 Å². The third kappa shape index (κ3) is 4.92. The largest absolute Gasteiger partial charge is 0.491 e. The maximum absolute atomic E-state index is 11.5. The topological polar surface area (TPSA) is 75.9 Å². The maximum Gasteiger partial charge on any atom is 0.270 e. The minimum atomic E-state index is -0.386. The van der Waals surface area contributed by atoms with Crippen LogP contribution in [0.4, 0.5) is 5.69 Å². The first kappa shape index (κ1) is 18.2. The summed E-state index contributed by atoms with van der Waals surface area (Å²) in [6, 6.07) is 4.74. The number of carbonyl (C=O) groups is 1. The lowest BCUT2D eigenvalue weighted by Crippen LogP contribution is -2.33. The van der Waals surface area contributed by atoms with E-state index in [-0.39, 0.29) is 22.6 Å². The number of ether oxygens (including phenoxy) is 1. The number of benzene rings is 1. The number of carbonyl (C=O) groups excluding carboxylic acids is 1. The number of nitro groups is 1. The number of non-ortho nitro benzene ring substituents is 1. The highest BCUT2D eigenvalue weighted by Gasteiger charge is 2.19. The Hall–Kier alpha value is -2.15. The lowest BCUT2D eigenvalue weighted by atomic mass is 10.1. The molecule has 1 heterocycles. The van der Waals surface area contributed by atoms with Gasteiger partial charge >= 0.3 is 0 Å². The standard InChI is InChI=1S/C17H25N3O4/c1-13(2)24-17-6-5-16(20(22)23)11-15(17)12-18-7-4-8-19(10-9-18)14(3)21/h5-6,11,13H,4,7-10,12H2,1-3H3. The lowest BCUT2D eigenvalue weighted by Gasteiger charge is -2.23. The fourth-order valence-corrected chi connectivity index (χ4v) is 2.86. The van der Waals surface area contributed by atoms with Gasteiger partial charge in [-0.15, -0.1) is 0 Å². The van der Waals surface area contributed by atoms with Crippen LogP contribution in [0.3, 0.4) is 0 Å². The summed E-state index contributed by atoms with van der Waals surface area (Å²) in [6.07, 6.45) is 0.900. The molecule has 0 spiro atoms. The molecule has 1 saturated heterocycles. The molecule has 2 rings (SSSR count). The zero-order chi connectivity index (χ0) is 17.7. The molecule has 0 aliphatic carbocycles. The van der Waals surface area contributed by atoms with Crippen molar-refractivity contribution in [2.45, 2.75) is 39.8 Å². The van der Waals surface area contributed by atoms with Crippen molar-refractivity contribution in [3.8, 4) is 5.75 Å². The van der Waals surface area contributed by atoms with E-state index >= 15 is 0 Å².